The standard InChI is InChI=1S/C11H14F3NS/c1-2-3-8-15-9-4-6-10(7-5-9)16-11(12,13)14/h4-7,15H,2-3,8H2,1H3. The van der Waals surface area contributed by atoms with Crippen molar-refractivity contribution in [3.8, 4) is 0 Å². The van der Waals surface area contributed by atoms with Crippen molar-refractivity contribution in [2.75, 3.05) is 11.9 Å². The molecule has 0 aliphatic carbocycles. The van der Waals surface area contributed by atoms with Gasteiger partial charge >= 0.3 is 5.51 Å². The van der Waals surface area contributed by atoms with Crippen molar-refractivity contribution in [2.24, 2.45) is 0 Å². The largest absolute Gasteiger partial charge is 0.446 e. The van der Waals surface area contributed by atoms with Gasteiger partial charge in [-0.05, 0) is 42.4 Å². The Kier molecular flexibility index (Phi) is 4.99. The topological polar surface area (TPSA) is 12.0 Å². The van der Waals surface area contributed by atoms with E-state index < -0.39 is 5.51 Å². The van der Waals surface area contributed by atoms with E-state index in [1.54, 1.807) is 12.1 Å². The molecule has 0 saturated heterocycles. The highest BCUT2D eigenvalue weighted by molar-refractivity contribution is 8.00. The molecule has 0 aliphatic heterocycles. The molecule has 1 aromatic carbocycles. The van der Waals surface area contributed by atoms with Gasteiger partial charge in [-0.3, -0.25) is 0 Å². The minimum atomic E-state index is -4.21. The number of unbranched alkanes of at least 4 members (excludes halogenated alkanes) is 1. The molecule has 0 saturated carbocycles. The van der Waals surface area contributed by atoms with Crippen LogP contribution in [-0.4, -0.2) is 12.1 Å². The van der Waals surface area contributed by atoms with E-state index in [9.17, 15) is 13.2 Å². The van der Waals surface area contributed by atoms with Crippen molar-refractivity contribution in [3.05, 3.63) is 24.3 Å². The monoisotopic (exact) mass is 249 g/mol. The number of benzene rings is 1. The lowest BCUT2D eigenvalue weighted by Crippen LogP contribution is -2.01. The van der Waals surface area contributed by atoms with Crippen molar-refractivity contribution in [1.29, 1.82) is 0 Å². The molecular formula is C11H14F3NS. The van der Waals surface area contributed by atoms with E-state index in [0.717, 1.165) is 25.1 Å². The normalized spacial score (nSPS) is 11.5. The van der Waals surface area contributed by atoms with Crippen molar-refractivity contribution < 1.29 is 13.2 Å². The number of rotatable bonds is 5. The van der Waals surface area contributed by atoms with Crippen LogP contribution >= 0.6 is 11.8 Å². The number of hydrogen-bond donors (Lipinski definition) is 1. The molecule has 1 nitrogen and oxygen atoms in total. The molecule has 0 heterocycles. The summed E-state index contributed by atoms with van der Waals surface area (Å²) in [5.74, 6) is 0. The summed E-state index contributed by atoms with van der Waals surface area (Å²) in [6.45, 7) is 2.94. The Morgan fingerprint density at radius 1 is 1.19 bits per heavy atom. The summed E-state index contributed by atoms with van der Waals surface area (Å²) in [6, 6.07) is 6.30. The summed E-state index contributed by atoms with van der Waals surface area (Å²) in [5.41, 5.74) is -3.35. The van der Waals surface area contributed by atoms with E-state index in [-0.39, 0.29) is 16.7 Å². The van der Waals surface area contributed by atoms with Crippen molar-refractivity contribution in [1.82, 2.24) is 0 Å². The van der Waals surface area contributed by atoms with Crippen LogP contribution < -0.4 is 5.32 Å². The third kappa shape index (κ3) is 5.30. The molecule has 0 amide bonds. The van der Waals surface area contributed by atoms with E-state index in [1.807, 2.05) is 0 Å². The third-order valence-corrected chi connectivity index (χ3v) is 2.69. The molecule has 16 heavy (non-hydrogen) atoms. The Morgan fingerprint density at radius 2 is 1.81 bits per heavy atom. The molecule has 0 radical (unpaired) electrons. The van der Waals surface area contributed by atoms with Crippen LogP contribution in [-0.2, 0) is 0 Å². The van der Waals surface area contributed by atoms with Gasteiger partial charge in [-0.2, -0.15) is 13.2 Å². The zero-order chi connectivity index (χ0) is 12.0. The smallest absolute Gasteiger partial charge is 0.385 e. The fourth-order valence-electron chi connectivity index (χ4n) is 1.18. The highest BCUT2D eigenvalue weighted by Gasteiger charge is 2.28. The highest BCUT2D eigenvalue weighted by atomic mass is 32.2. The lowest BCUT2D eigenvalue weighted by Gasteiger charge is -2.08. The first-order valence-corrected chi connectivity index (χ1v) is 5.92. The molecule has 0 aliphatic rings. The number of nitrogens with one attached hydrogen (secondary N) is 1. The summed E-state index contributed by atoms with van der Waals surface area (Å²) in [6.07, 6.45) is 2.15. The summed E-state index contributed by atoms with van der Waals surface area (Å²) < 4.78 is 36.1. The quantitative estimate of drug-likeness (QED) is 0.608. The van der Waals surface area contributed by atoms with Gasteiger partial charge in [0.2, 0.25) is 0 Å². The maximum atomic E-state index is 12.0. The Balaban J connectivity index is 2.48. The first-order valence-electron chi connectivity index (χ1n) is 5.11. The molecule has 0 aromatic heterocycles. The third-order valence-electron chi connectivity index (χ3n) is 1.95. The summed E-state index contributed by atoms with van der Waals surface area (Å²) in [4.78, 5) is 0.216. The number of alkyl halides is 3. The fourth-order valence-corrected chi connectivity index (χ4v) is 1.72. The lowest BCUT2D eigenvalue weighted by atomic mass is 10.3. The number of halogens is 3. The Morgan fingerprint density at radius 3 is 2.31 bits per heavy atom. The highest BCUT2D eigenvalue weighted by Crippen LogP contribution is 2.36. The van der Waals surface area contributed by atoms with Crippen LogP contribution in [0.1, 0.15) is 19.8 Å². The molecule has 0 bridgehead atoms. The van der Waals surface area contributed by atoms with Crippen LogP contribution in [0, 0.1) is 0 Å². The molecule has 1 N–H and O–H groups in total. The van der Waals surface area contributed by atoms with Crippen LogP contribution in [0.25, 0.3) is 0 Å². The Bertz CT molecular complexity index is 308. The van der Waals surface area contributed by atoms with Crippen molar-refractivity contribution >= 4 is 17.4 Å². The van der Waals surface area contributed by atoms with E-state index in [4.69, 9.17) is 0 Å². The molecule has 0 spiro atoms. The van der Waals surface area contributed by atoms with Gasteiger partial charge in [-0.25, -0.2) is 0 Å². The fraction of sp³-hybridized carbons (Fsp3) is 0.455. The van der Waals surface area contributed by atoms with Gasteiger partial charge in [0.25, 0.3) is 0 Å². The Hall–Kier alpha value is -0.840. The van der Waals surface area contributed by atoms with Crippen LogP contribution in [0.15, 0.2) is 29.2 Å². The predicted octanol–water partition coefficient (Wildman–Crippen LogP) is 4.51. The molecule has 1 rings (SSSR count). The summed E-state index contributed by atoms with van der Waals surface area (Å²) in [7, 11) is 0. The second kappa shape index (κ2) is 6.03. The SMILES string of the molecule is CCCCNc1ccc(SC(F)(F)F)cc1. The molecule has 0 atom stereocenters. The van der Waals surface area contributed by atoms with Gasteiger partial charge in [0, 0.05) is 17.1 Å². The van der Waals surface area contributed by atoms with E-state index >= 15 is 0 Å². The number of thioether (sulfide) groups is 1. The summed E-state index contributed by atoms with van der Waals surface area (Å²) in [5, 5.41) is 3.15. The van der Waals surface area contributed by atoms with Crippen LogP contribution in [0.4, 0.5) is 18.9 Å². The maximum absolute atomic E-state index is 12.0. The predicted molar refractivity (Wildman–Crippen MR) is 61.8 cm³/mol. The van der Waals surface area contributed by atoms with Gasteiger partial charge < -0.3 is 5.32 Å². The van der Waals surface area contributed by atoms with Crippen LogP contribution in [0.3, 0.4) is 0 Å². The second-order valence-electron chi connectivity index (χ2n) is 3.35. The number of anilines is 1. The molecule has 0 unspecified atom stereocenters. The molecular weight excluding hydrogens is 235 g/mol. The Labute approximate surface area is 97.4 Å². The van der Waals surface area contributed by atoms with Gasteiger partial charge in [0.15, 0.2) is 0 Å². The first kappa shape index (κ1) is 13.2. The number of hydrogen-bond acceptors (Lipinski definition) is 2. The molecule has 5 heteroatoms. The van der Waals surface area contributed by atoms with Crippen molar-refractivity contribution in [3.63, 3.8) is 0 Å². The second-order valence-corrected chi connectivity index (χ2v) is 4.49. The van der Waals surface area contributed by atoms with Gasteiger partial charge in [-0.15, -0.1) is 0 Å². The van der Waals surface area contributed by atoms with Crippen molar-refractivity contribution in [2.45, 2.75) is 30.2 Å². The zero-order valence-corrected chi connectivity index (χ0v) is 9.79. The van der Waals surface area contributed by atoms with Crippen LogP contribution in [0.2, 0.25) is 0 Å². The first-order chi connectivity index (χ1) is 7.51. The minimum Gasteiger partial charge on any atom is -0.385 e. The van der Waals surface area contributed by atoms with Crippen LogP contribution in [0.5, 0.6) is 0 Å². The van der Waals surface area contributed by atoms with Gasteiger partial charge in [0.1, 0.15) is 0 Å². The minimum absolute atomic E-state index is 0.0900. The van der Waals surface area contributed by atoms with E-state index in [0.29, 0.717) is 0 Å². The lowest BCUT2D eigenvalue weighted by molar-refractivity contribution is -0.0328. The average molecular weight is 249 g/mol. The zero-order valence-electron chi connectivity index (χ0n) is 8.97. The van der Waals surface area contributed by atoms with E-state index in [1.165, 1.54) is 12.1 Å². The van der Waals surface area contributed by atoms with E-state index in [2.05, 4.69) is 12.2 Å². The molecule has 0 fully saturated rings. The molecule has 90 valence electrons. The molecule has 1 aromatic rings. The van der Waals surface area contributed by atoms with Gasteiger partial charge in [0.05, 0.1) is 0 Å². The summed E-state index contributed by atoms with van der Waals surface area (Å²) >= 11 is -0.0900. The average Bonchev–Trinajstić information content (AvgIpc) is 2.19. The van der Waals surface area contributed by atoms with Gasteiger partial charge in [-0.1, -0.05) is 13.3 Å². The maximum Gasteiger partial charge on any atom is 0.446 e.